The maximum atomic E-state index is 11.6. The molecular formula is C11H7ClN4O. The van der Waals surface area contributed by atoms with Gasteiger partial charge in [-0.2, -0.15) is 5.26 Å². The van der Waals surface area contributed by atoms with E-state index in [0.29, 0.717) is 12.2 Å². The van der Waals surface area contributed by atoms with Crippen LogP contribution in [0.3, 0.4) is 0 Å². The molecule has 5 nitrogen and oxygen atoms in total. The molecule has 0 spiro atoms. The molecule has 0 aliphatic rings. The maximum Gasteiger partial charge on any atom is 0.255 e. The summed E-state index contributed by atoms with van der Waals surface area (Å²) >= 11 is 5.59. The van der Waals surface area contributed by atoms with Gasteiger partial charge in [0.2, 0.25) is 0 Å². The third-order valence-corrected chi connectivity index (χ3v) is 2.34. The van der Waals surface area contributed by atoms with E-state index in [2.05, 4.69) is 9.97 Å². The number of aromatic nitrogens is 3. The van der Waals surface area contributed by atoms with Crippen molar-refractivity contribution in [3.8, 4) is 6.07 Å². The molecule has 0 fully saturated rings. The lowest BCUT2D eigenvalue weighted by Gasteiger charge is -2.04. The zero-order valence-corrected chi connectivity index (χ0v) is 9.42. The largest absolute Gasteiger partial charge is 0.295 e. The standard InChI is InChI=1S/C11H7ClN4O/c12-10-4-11(17)16(7-15-10)6-8-1-2-14-9(3-8)5-13/h1-4,7H,6H2. The monoisotopic (exact) mass is 246 g/mol. The second-order valence-electron chi connectivity index (χ2n) is 3.34. The molecule has 0 atom stereocenters. The number of halogens is 1. The molecule has 0 aromatic carbocycles. The normalized spacial score (nSPS) is 9.88. The van der Waals surface area contributed by atoms with E-state index in [4.69, 9.17) is 16.9 Å². The van der Waals surface area contributed by atoms with Gasteiger partial charge >= 0.3 is 0 Å². The topological polar surface area (TPSA) is 71.6 Å². The summed E-state index contributed by atoms with van der Waals surface area (Å²) in [4.78, 5) is 19.2. The minimum absolute atomic E-state index is 0.165. The van der Waals surface area contributed by atoms with E-state index >= 15 is 0 Å². The van der Waals surface area contributed by atoms with Crippen LogP contribution in [0.5, 0.6) is 0 Å². The average Bonchev–Trinajstić information content (AvgIpc) is 2.33. The van der Waals surface area contributed by atoms with Gasteiger partial charge in [-0.25, -0.2) is 9.97 Å². The van der Waals surface area contributed by atoms with E-state index in [-0.39, 0.29) is 10.7 Å². The van der Waals surface area contributed by atoms with Crippen LogP contribution in [0.15, 0.2) is 35.5 Å². The molecule has 0 radical (unpaired) electrons. The van der Waals surface area contributed by atoms with Crippen LogP contribution < -0.4 is 5.56 Å². The third kappa shape index (κ3) is 2.68. The van der Waals surface area contributed by atoms with Gasteiger partial charge in [0.25, 0.3) is 5.56 Å². The number of hydrogen-bond donors (Lipinski definition) is 0. The summed E-state index contributed by atoms with van der Waals surface area (Å²) in [5.41, 5.74) is 0.889. The molecule has 0 bridgehead atoms. The second-order valence-corrected chi connectivity index (χ2v) is 3.73. The summed E-state index contributed by atoms with van der Waals surface area (Å²) in [6, 6.07) is 6.55. The molecule has 2 rings (SSSR count). The molecule has 0 aliphatic heterocycles. The van der Waals surface area contributed by atoms with Crippen molar-refractivity contribution in [1.29, 1.82) is 5.26 Å². The minimum Gasteiger partial charge on any atom is -0.295 e. The first-order valence-electron chi connectivity index (χ1n) is 4.76. The molecular weight excluding hydrogens is 240 g/mol. The van der Waals surface area contributed by atoms with Crippen molar-refractivity contribution in [2.45, 2.75) is 6.54 Å². The smallest absolute Gasteiger partial charge is 0.255 e. The lowest BCUT2D eigenvalue weighted by molar-refractivity contribution is 0.735. The Balaban J connectivity index is 2.32. The first-order chi connectivity index (χ1) is 8.19. The number of nitriles is 1. The third-order valence-electron chi connectivity index (χ3n) is 2.14. The summed E-state index contributed by atoms with van der Waals surface area (Å²) in [5.74, 6) is 0. The Morgan fingerprint density at radius 3 is 2.94 bits per heavy atom. The predicted octanol–water partition coefficient (Wildman–Crippen LogP) is 1.21. The van der Waals surface area contributed by atoms with Crippen LogP contribution in [0, 0.1) is 11.3 Å². The van der Waals surface area contributed by atoms with Gasteiger partial charge in [0, 0.05) is 12.3 Å². The van der Waals surface area contributed by atoms with Crippen LogP contribution in [0.1, 0.15) is 11.3 Å². The number of rotatable bonds is 2. The van der Waals surface area contributed by atoms with E-state index in [1.54, 1.807) is 12.1 Å². The molecule has 0 unspecified atom stereocenters. The van der Waals surface area contributed by atoms with Crippen LogP contribution in [0.2, 0.25) is 5.15 Å². The molecule has 0 aliphatic carbocycles. The van der Waals surface area contributed by atoms with Gasteiger partial charge in [-0.3, -0.25) is 9.36 Å². The Bertz CT molecular complexity index is 644. The molecule has 2 aromatic heterocycles. The van der Waals surface area contributed by atoms with Crippen molar-refractivity contribution in [2.75, 3.05) is 0 Å². The van der Waals surface area contributed by atoms with Gasteiger partial charge in [0.05, 0.1) is 12.9 Å². The van der Waals surface area contributed by atoms with Crippen molar-refractivity contribution in [3.63, 3.8) is 0 Å². The SMILES string of the molecule is N#Cc1cc(Cn2cnc(Cl)cc2=O)ccn1. The fraction of sp³-hybridized carbons (Fsp3) is 0.0909. The van der Waals surface area contributed by atoms with Crippen molar-refractivity contribution in [3.05, 3.63) is 57.5 Å². The molecule has 84 valence electrons. The van der Waals surface area contributed by atoms with Crippen LogP contribution in [0.25, 0.3) is 0 Å². The summed E-state index contributed by atoms with van der Waals surface area (Å²) in [7, 11) is 0. The van der Waals surface area contributed by atoms with Gasteiger partial charge in [-0.05, 0) is 17.7 Å². The quantitative estimate of drug-likeness (QED) is 0.747. The molecule has 0 amide bonds. The molecule has 0 N–H and O–H groups in total. The van der Waals surface area contributed by atoms with Crippen LogP contribution in [-0.2, 0) is 6.54 Å². The summed E-state index contributed by atoms with van der Waals surface area (Å²) < 4.78 is 1.41. The molecule has 0 saturated carbocycles. The van der Waals surface area contributed by atoms with Crippen molar-refractivity contribution in [1.82, 2.24) is 14.5 Å². The molecule has 17 heavy (non-hydrogen) atoms. The highest BCUT2D eigenvalue weighted by molar-refractivity contribution is 6.29. The van der Waals surface area contributed by atoms with Gasteiger partial charge in [-0.1, -0.05) is 11.6 Å². The molecule has 2 aromatic rings. The van der Waals surface area contributed by atoms with Crippen LogP contribution >= 0.6 is 11.6 Å². The molecule has 6 heteroatoms. The van der Waals surface area contributed by atoms with E-state index in [9.17, 15) is 4.79 Å². The Morgan fingerprint density at radius 1 is 1.41 bits per heavy atom. The fourth-order valence-corrected chi connectivity index (χ4v) is 1.49. The van der Waals surface area contributed by atoms with Gasteiger partial charge in [0.1, 0.15) is 16.9 Å². The summed E-state index contributed by atoms with van der Waals surface area (Å²) in [6.07, 6.45) is 2.90. The Labute approximate surface area is 102 Å². The maximum absolute atomic E-state index is 11.6. The van der Waals surface area contributed by atoms with Crippen LogP contribution in [0.4, 0.5) is 0 Å². The Morgan fingerprint density at radius 2 is 2.24 bits per heavy atom. The number of nitrogens with zero attached hydrogens (tertiary/aromatic N) is 4. The predicted molar refractivity (Wildman–Crippen MR) is 61.6 cm³/mol. The first kappa shape index (κ1) is 11.3. The van der Waals surface area contributed by atoms with E-state index in [0.717, 1.165) is 5.56 Å². The Hall–Kier alpha value is -2.19. The average molecular weight is 247 g/mol. The first-order valence-corrected chi connectivity index (χ1v) is 5.14. The van der Waals surface area contributed by atoms with Gasteiger partial charge in [-0.15, -0.1) is 0 Å². The highest BCUT2D eigenvalue weighted by atomic mass is 35.5. The van der Waals surface area contributed by atoms with Crippen molar-refractivity contribution < 1.29 is 0 Å². The highest BCUT2D eigenvalue weighted by Gasteiger charge is 2.01. The summed E-state index contributed by atoms with van der Waals surface area (Å²) in [5, 5.41) is 8.87. The van der Waals surface area contributed by atoms with E-state index < -0.39 is 0 Å². The molecule has 0 saturated heterocycles. The van der Waals surface area contributed by atoms with E-state index in [1.807, 2.05) is 6.07 Å². The highest BCUT2D eigenvalue weighted by Crippen LogP contribution is 2.03. The van der Waals surface area contributed by atoms with Gasteiger partial charge in [0.15, 0.2) is 0 Å². The second kappa shape index (κ2) is 4.76. The molecule has 2 heterocycles. The Kier molecular flexibility index (Phi) is 3.17. The lowest BCUT2D eigenvalue weighted by atomic mass is 10.2. The fourth-order valence-electron chi connectivity index (χ4n) is 1.35. The lowest BCUT2D eigenvalue weighted by Crippen LogP contribution is -2.19. The number of pyridine rings is 1. The van der Waals surface area contributed by atoms with Crippen molar-refractivity contribution >= 4 is 11.6 Å². The van der Waals surface area contributed by atoms with Gasteiger partial charge < -0.3 is 0 Å². The zero-order chi connectivity index (χ0) is 12.3. The summed E-state index contributed by atoms with van der Waals surface area (Å²) in [6.45, 7) is 0.334. The minimum atomic E-state index is -0.236. The van der Waals surface area contributed by atoms with E-state index in [1.165, 1.54) is 23.2 Å². The van der Waals surface area contributed by atoms with Crippen LogP contribution in [-0.4, -0.2) is 14.5 Å². The zero-order valence-electron chi connectivity index (χ0n) is 8.67. The number of hydrogen-bond acceptors (Lipinski definition) is 4. The van der Waals surface area contributed by atoms with Crippen molar-refractivity contribution in [2.24, 2.45) is 0 Å².